The van der Waals surface area contributed by atoms with E-state index in [9.17, 15) is 16.8 Å². The molecule has 0 radical (unpaired) electrons. The van der Waals surface area contributed by atoms with Gasteiger partial charge in [-0.15, -0.1) is 11.3 Å². The average molecular weight is 467 g/mol. The zero-order chi connectivity index (χ0) is 21.8. The number of pyridine rings is 1. The van der Waals surface area contributed by atoms with Gasteiger partial charge in [0.15, 0.2) is 9.84 Å². The number of ether oxygens (including phenoxy) is 1. The van der Waals surface area contributed by atoms with Gasteiger partial charge in [-0.05, 0) is 54.4 Å². The molecule has 1 aromatic carbocycles. The largest absolute Gasteiger partial charge is 0.497 e. The fourth-order valence-electron chi connectivity index (χ4n) is 2.85. The number of benzene rings is 1. The zero-order valence-corrected chi connectivity index (χ0v) is 18.9. The number of aryl methyl sites for hydroxylation is 1. The highest BCUT2D eigenvalue weighted by Gasteiger charge is 2.31. The fraction of sp³-hybridized carbons (Fsp3) is 0.250. The molecule has 3 rings (SSSR count). The summed E-state index contributed by atoms with van der Waals surface area (Å²) in [5, 5.41) is -1.14. The van der Waals surface area contributed by atoms with Gasteiger partial charge in [-0.3, -0.25) is 4.98 Å². The van der Waals surface area contributed by atoms with Crippen molar-refractivity contribution in [3.8, 4) is 5.75 Å². The molecule has 3 aromatic rings. The predicted octanol–water partition coefficient (Wildman–Crippen LogP) is 3.21. The van der Waals surface area contributed by atoms with Crippen molar-refractivity contribution < 1.29 is 21.6 Å². The Labute approximate surface area is 180 Å². The lowest BCUT2D eigenvalue weighted by Crippen LogP contribution is -2.31. The number of nitrogens with one attached hydrogen (secondary N) is 1. The number of sulfonamides is 1. The van der Waals surface area contributed by atoms with E-state index in [0.29, 0.717) is 11.3 Å². The van der Waals surface area contributed by atoms with Crippen LogP contribution in [-0.2, 0) is 26.3 Å². The number of methoxy groups -OCH3 is 1. The van der Waals surface area contributed by atoms with E-state index in [-0.39, 0.29) is 15.6 Å². The highest BCUT2D eigenvalue weighted by molar-refractivity contribution is 7.92. The second-order valence-corrected chi connectivity index (χ2v) is 11.7. The molecule has 0 spiro atoms. The van der Waals surface area contributed by atoms with Gasteiger partial charge in [-0.1, -0.05) is 13.0 Å². The van der Waals surface area contributed by atoms with Gasteiger partial charge >= 0.3 is 0 Å². The maximum Gasteiger partial charge on any atom is 0.250 e. The molecule has 0 aliphatic heterocycles. The first-order valence-corrected chi connectivity index (χ1v) is 13.0. The summed E-state index contributed by atoms with van der Waals surface area (Å²) in [5.41, 5.74) is 0.399. The molecule has 0 amide bonds. The molecule has 10 heteroatoms. The Morgan fingerprint density at radius 3 is 2.37 bits per heavy atom. The van der Waals surface area contributed by atoms with Crippen LogP contribution in [0.1, 0.15) is 22.6 Å². The maximum atomic E-state index is 13.3. The Balaban J connectivity index is 1.93. The van der Waals surface area contributed by atoms with Gasteiger partial charge in [0.2, 0.25) is 10.0 Å². The van der Waals surface area contributed by atoms with Crippen LogP contribution < -0.4 is 9.46 Å². The van der Waals surface area contributed by atoms with E-state index in [4.69, 9.17) is 4.74 Å². The van der Waals surface area contributed by atoms with Crippen molar-refractivity contribution in [2.75, 3.05) is 13.7 Å². The SMILES string of the molecule is CCc1ccc(S(=O)(=O)NCC(c2cccnc2)S(=O)(=O)c2ccc(OC)cc2)s1. The molecule has 0 bridgehead atoms. The van der Waals surface area contributed by atoms with Crippen molar-refractivity contribution in [1.29, 1.82) is 0 Å². The number of sulfone groups is 1. The van der Waals surface area contributed by atoms with E-state index in [1.807, 2.05) is 6.92 Å². The monoisotopic (exact) mass is 466 g/mol. The summed E-state index contributed by atoms with van der Waals surface area (Å²) in [6, 6.07) is 12.5. The molecule has 160 valence electrons. The number of aromatic nitrogens is 1. The molecular formula is C20H22N2O5S3. The molecule has 0 saturated heterocycles. The first-order valence-electron chi connectivity index (χ1n) is 9.14. The van der Waals surface area contributed by atoms with E-state index in [0.717, 1.165) is 11.3 Å². The minimum atomic E-state index is -3.90. The quantitative estimate of drug-likeness (QED) is 0.520. The molecule has 1 atom stereocenters. The summed E-state index contributed by atoms with van der Waals surface area (Å²) in [4.78, 5) is 5.00. The second kappa shape index (κ2) is 9.25. The van der Waals surface area contributed by atoms with Crippen molar-refractivity contribution in [2.45, 2.75) is 27.7 Å². The smallest absolute Gasteiger partial charge is 0.250 e. The van der Waals surface area contributed by atoms with Crippen LogP contribution in [0.4, 0.5) is 0 Å². The van der Waals surface area contributed by atoms with Gasteiger partial charge in [-0.25, -0.2) is 21.6 Å². The van der Waals surface area contributed by atoms with Crippen LogP contribution >= 0.6 is 11.3 Å². The van der Waals surface area contributed by atoms with Gasteiger partial charge in [0.1, 0.15) is 15.2 Å². The van der Waals surface area contributed by atoms with Gasteiger partial charge in [-0.2, -0.15) is 0 Å². The second-order valence-electron chi connectivity index (χ2n) is 6.42. The average Bonchev–Trinajstić information content (AvgIpc) is 3.25. The Bertz CT molecular complexity index is 1190. The number of nitrogens with zero attached hydrogens (tertiary/aromatic N) is 1. The van der Waals surface area contributed by atoms with Crippen LogP contribution in [0.15, 0.2) is 70.0 Å². The normalized spacial score (nSPS) is 13.1. The minimum absolute atomic E-state index is 0.0701. The van der Waals surface area contributed by atoms with E-state index in [1.54, 1.807) is 30.3 Å². The van der Waals surface area contributed by atoms with Crippen molar-refractivity contribution in [3.63, 3.8) is 0 Å². The van der Waals surface area contributed by atoms with Crippen molar-refractivity contribution in [1.82, 2.24) is 9.71 Å². The number of hydrogen-bond donors (Lipinski definition) is 1. The van der Waals surface area contributed by atoms with Crippen LogP contribution in [0.25, 0.3) is 0 Å². The molecule has 0 fully saturated rings. The van der Waals surface area contributed by atoms with Gasteiger partial charge < -0.3 is 4.74 Å². The third kappa shape index (κ3) is 4.89. The third-order valence-electron chi connectivity index (χ3n) is 4.53. The van der Waals surface area contributed by atoms with E-state index < -0.39 is 25.1 Å². The summed E-state index contributed by atoms with van der Waals surface area (Å²) >= 11 is 1.17. The Morgan fingerprint density at radius 1 is 1.07 bits per heavy atom. The van der Waals surface area contributed by atoms with Crippen LogP contribution in [-0.4, -0.2) is 35.5 Å². The van der Waals surface area contributed by atoms with Crippen LogP contribution in [0.3, 0.4) is 0 Å². The lowest BCUT2D eigenvalue weighted by atomic mass is 10.2. The van der Waals surface area contributed by atoms with Crippen molar-refractivity contribution in [2.24, 2.45) is 0 Å². The fourth-order valence-corrected chi connectivity index (χ4v) is 6.99. The number of thiophene rings is 1. The molecule has 1 N–H and O–H groups in total. The zero-order valence-electron chi connectivity index (χ0n) is 16.5. The van der Waals surface area contributed by atoms with Gasteiger partial charge in [0.05, 0.1) is 12.0 Å². The van der Waals surface area contributed by atoms with E-state index >= 15 is 0 Å². The Hall–Kier alpha value is -2.27. The third-order valence-corrected chi connectivity index (χ3v) is 9.79. The molecule has 0 aliphatic rings. The van der Waals surface area contributed by atoms with Gasteiger partial charge in [0.25, 0.3) is 0 Å². The predicted molar refractivity (Wildman–Crippen MR) is 116 cm³/mol. The summed E-state index contributed by atoms with van der Waals surface area (Å²) in [5.74, 6) is 0.525. The van der Waals surface area contributed by atoms with Crippen molar-refractivity contribution in [3.05, 3.63) is 71.4 Å². The molecule has 1 unspecified atom stereocenters. The Kier molecular flexibility index (Phi) is 6.91. The van der Waals surface area contributed by atoms with E-state index in [1.165, 1.54) is 49.0 Å². The van der Waals surface area contributed by atoms with Gasteiger partial charge in [0, 0.05) is 23.8 Å². The molecule has 2 heterocycles. The van der Waals surface area contributed by atoms with E-state index in [2.05, 4.69) is 9.71 Å². The summed E-state index contributed by atoms with van der Waals surface area (Å²) in [6.07, 6.45) is 3.69. The lowest BCUT2D eigenvalue weighted by molar-refractivity contribution is 0.414. The topological polar surface area (TPSA) is 102 Å². The molecule has 0 aliphatic carbocycles. The van der Waals surface area contributed by atoms with Crippen LogP contribution in [0.5, 0.6) is 5.75 Å². The molecule has 30 heavy (non-hydrogen) atoms. The van der Waals surface area contributed by atoms with Crippen LogP contribution in [0, 0.1) is 0 Å². The summed E-state index contributed by atoms with van der Waals surface area (Å²) in [7, 11) is -6.25. The minimum Gasteiger partial charge on any atom is -0.497 e. The molecule has 2 aromatic heterocycles. The standard InChI is InChI=1S/C20H22N2O5S3/c1-3-17-8-11-20(28-17)30(25,26)22-14-19(15-5-4-12-21-13-15)29(23,24)18-9-6-16(27-2)7-10-18/h4-13,19,22H,3,14H2,1-2H3. The first-order chi connectivity index (χ1) is 14.3. The molecular weight excluding hydrogens is 444 g/mol. The summed E-state index contributed by atoms with van der Waals surface area (Å²) in [6.45, 7) is 1.62. The maximum absolute atomic E-state index is 13.3. The molecule has 7 nitrogen and oxygen atoms in total. The highest BCUT2D eigenvalue weighted by Crippen LogP contribution is 2.30. The highest BCUT2D eigenvalue weighted by atomic mass is 32.2. The Morgan fingerprint density at radius 2 is 1.80 bits per heavy atom. The summed E-state index contributed by atoms with van der Waals surface area (Å²) < 4.78 is 59.8. The van der Waals surface area contributed by atoms with Crippen LogP contribution in [0.2, 0.25) is 0 Å². The first kappa shape index (κ1) is 22.4. The van der Waals surface area contributed by atoms with Crippen molar-refractivity contribution >= 4 is 31.2 Å². The number of hydrogen-bond acceptors (Lipinski definition) is 7. The molecule has 0 saturated carbocycles. The number of rotatable bonds is 9. The lowest BCUT2D eigenvalue weighted by Gasteiger charge is -2.18.